The van der Waals surface area contributed by atoms with Gasteiger partial charge in [0.25, 0.3) is 0 Å². The van der Waals surface area contributed by atoms with Crippen LogP contribution >= 0.6 is 0 Å². The third-order valence-electron chi connectivity index (χ3n) is 10.2. The average molecular weight is 424 g/mol. The molecule has 5 rings (SSSR count). The van der Waals surface area contributed by atoms with E-state index in [1.54, 1.807) is 17.1 Å². The summed E-state index contributed by atoms with van der Waals surface area (Å²) in [4.78, 5) is 13.3. The summed E-state index contributed by atoms with van der Waals surface area (Å²) in [6, 6.07) is 2.10. The molecule has 8 atom stereocenters. The molecule has 0 unspecified atom stereocenters. The third-order valence-corrected chi connectivity index (χ3v) is 10.2. The van der Waals surface area contributed by atoms with Gasteiger partial charge in [0.15, 0.2) is 5.78 Å². The molecule has 4 aliphatic carbocycles. The lowest BCUT2D eigenvalue weighted by Gasteiger charge is -2.57. The Balaban J connectivity index is 1.29. The van der Waals surface area contributed by atoms with E-state index in [2.05, 4.69) is 25.0 Å². The molecule has 4 saturated carbocycles. The number of rotatable bonds is 4. The first-order chi connectivity index (χ1) is 14.9. The molecule has 0 amide bonds. The number of aliphatic hydroxyl groups is 1. The van der Waals surface area contributed by atoms with Crippen molar-refractivity contribution in [3.8, 4) is 6.07 Å². The molecule has 0 spiro atoms. The smallest absolute Gasteiger partial charge is 0.157 e. The standard InChI is InChI=1S/C26H37N3O2/c1-3-26(31)11-9-19-18(12-26)4-5-21-20(19)8-10-25(2)22(21)6-7-23(25)24(30)16-29-15-17(13-27)14-28-29/h14-15,18-23,31H,3-12,16H2,1-2H3/t18-,19+,20-,21-,22+,23-,25+,26-/m1/s1. The van der Waals surface area contributed by atoms with E-state index < -0.39 is 5.60 Å². The first kappa shape index (κ1) is 21.2. The van der Waals surface area contributed by atoms with Crippen molar-refractivity contribution in [1.29, 1.82) is 5.26 Å². The number of nitriles is 1. The third kappa shape index (κ3) is 3.46. The molecule has 5 nitrogen and oxygen atoms in total. The van der Waals surface area contributed by atoms with Gasteiger partial charge in [-0.3, -0.25) is 9.48 Å². The van der Waals surface area contributed by atoms with Crippen LogP contribution in [0.3, 0.4) is 0 Å². The number of carbonyl (C=O) groups excluding carboxylic acids is 1. The Morgan fingerprint density at radius 2 is 2.00 bits per heavy atom. The highest BCUT2D eigenvalue weighted by molar-refractivity contribution is 5.82. The zero-order valence-electron chi connectivity index (χ0n) is 19.1. The predicted octanol–water partition coefficient (Wildman–Crippen LogP) is 4.73. The van der Waals surface area contributed by atoms with Gasteiger partial charge in [0.2, 0.25) is 0 Å². The van der Waals surface area contributed by atoms with Crippen molar-refractivity contribution in [2.45, 2.75) is 90.2 Å². The summed E-state index contributed by atoms with van der Waals surface area (Å²) in [7, 11) is 0. The molecule has 0 radical (unpaired) electrons. The lowest BCUT2D eigenvalue weighted by molar-refractivity contribution is -0.133. The van der Waals surface area contributed by atoms with Gasteiger partial charge in [-0.05, 0) is 99.2 Å². The number of nitrogens with zero attached hydrogens (tertiary/aromatic N) is 3. The molecule has 5 heteroatoms. The van der Waals surface area contributed by atoms with Crippen LogP contribution in [0.4, 0.5) is 0 Å². The summed E-state index contributed by atoms with van der Waals surface area (Å²) < 4.78 is 1.64. The summed E-state index contributed by atoms with van der Waals surface area (Å²) in [5.74, 6) is 4.16. The van der Waals surface area contributed by atoms with Crippen molar-refractivity contribution in [2.75, 3.05) is 0 Å². The highest BCUT2D eigenvalue weighted by Gasteiger charge is 2.58. The number of hydrogen-bond acceptors (Lipinski definition) is 4. The van der Waals surface area contributed by atoms with E-state index >= 15 is 0 Å². The lowest BCUT2D eigenvalue weighted by Crippen LogP contribution is -2.51. The Morgan fingerprint density at radius 3 is 2.74 bits per heavy atom. The molecular weight excluding hydrogens is 386 g/mol. The fourth-order valence-corrected chi connectivity index (χ4v) is 8.59. The molecule has 1 aromatic rings. The molecule has 0 bridgehead atoms. The zero-order valence-corrected chi connectivity index (χ0v) is 19.1. The fourth-order valence-electron chi connectivity index (χ4n) is 8.59. The minimum atomic E-state index is -0.417. The zero-order chi connectivity index (χ0) is 21.8. The number of carbonyl (C=O) groups is 1. The van der Waals surface area contributed by atoms with Crippen molar-refractivity contribution in [2.24, 2.45) is 40.9 Å². The number of fused-ring (bicyclic) bond motifs is 5. The molecule has 168 valence electrons. The molecule has 4 fully saturated rings. The summed E-state index contributed by atoms with van der Waals surface area (Å²) in [5, 5.41) is 24.1. The van der Waals surface area contributed by atoms with Crippen LogP contribution in [0, 0.1) is 52.3 Å². The maximum atomic E-state index is 13.3. The highest BCUT2D eigenvalue weighted by atomic mass is 16.3. The van der Waals surface area contributed by atoms with Gasteiger partial charge in [0.1, 0.15) is 6.07 Å². The Labute approximate surface area is 186 Å². The molecule has 1 heterocycles. The Morgan fingerprint density at radius 1 is 1.19 bits per heavy atom. The van der Waals surface area contributed by atoms with Crippen molar-refractivity contribution < 1.29 is 9.90 Å². The monoisotopic (exact) mass is 423 g/mol. The van der Waals surface area contributed by atoms with Crippen LogP contribution in [0.5, 0.6) is 0 Å². The SMILES string of the molecule is CC[C@@]1(O)CC[C@H]2[C@H](CC[C@@H]3[C@@H]2CC[C@]2(C)[C@@H](C(=O)Cn4cc(C#N)cn4)CC[C@@H]32)C1. The number of ketones is 1. The Kier molecular flexibility index (Phi) is 5.28. The molecule has 0 aromatic carbocycles. The number of Topliss-reactive ketones (excluding diaryl/α,β-unsaturated/α-hetero) is 1. The fraction of sp³-hybridized carbons (Fsp3) is 0.808. The van der Waals surface area contributed by atoms with Crippen molar-refractivity contribution in [3.63, 3.8) is 0 Å². The molecular formula is C26H37N3O2. The van der Waals surface area contributed by atoms with E-state index in [9.17, 15) is 9.90 Å². The molecule has 0 saturated heterocycles. The molecule has 0 aliphatic heterocycles. The first-order valence-corrected chi connectivity index (χ1v) is 12.5. The van der Waals surface area contributed by atoms with E-state index in [-0.39, 0.29) is 11.3 Å². The second kappa shape index (κ2) is 7.73. The van der Waals surface area contributed by atoms with Crippen LogP contribution < -0.4 is 0 Å². The van der Waals surface area contributed by atoms with Gasteiger partial charge >= 0.3 is 0 Å². The van der Waals surface area contributed by atoms with Crippen molar-refractivity contribution in [1.82, 2.24) is 9.78 Å². The summed E-state index contributed by atoms with van der Waals surface area (Å²) in [6.07, 6.45) is 14.5. The van der Waals surface area contributed by atoms with Gasteiger partial charge < -0.3 is 5.11 Å². The quantitative estimate of drug-likeness (QED) is 0.759. The van der Waals surface area contributed by atoms with Crippen LogP contribution in [-0.4, -0.2) is 26.3 Å². The summed E-state index contributed by atoms with van der Waals surface area (Å²) in [5.41, 5.74) is 0.220. The van der Waals surface area contributed by atoms with Crippen LogP contribution in [-0.2, 0) is 11.3 Å². The molecule has 1 aromatic heterocycles. The first-order valence-electron chi connectivity index (χ1n) is 12.5. The average Bonchev–Trinajstić information content (AvgIpc) is 3.36. The maximum Gasteiger partial charge on any atom is 0.157 e. The van der Waals surface area contributed by atoms with Crippen LogP contribution in [0.2, 0.25) is 0 Å². The van der Waals surface area contributed by atoms with Gasteiger partial charge in [-0.1, -0.05) is 13.8 Å². The second-order valence-electron chi connectivity index (χ2n) is 11.4. The van der Waals surface area contributed by atoms with Crippen molar-refractivity contribution >= 4 is 5.78 Å². The molecule has 4 aliphatic rings. The topological polar surface area (TPSA) is 78.9 Å². The van der Waals surface area contributed by atoms with E-state index in [4.69, 9.17) is 5.26 Å². The number of hydrogen-bond donors (Lipinski definition) is 1. The molecule has 1 N–H and O–H groups in total. The predicted molar refractivity (Wildman–Crippen MR) is 118 cm³/mol. The van der Waals surface area contributed by atoms with E-state index in [0.29, 0.717) is 29.7 Å². The maximum absolute atomic E-state index is 13.3. The second-order valence-corrected chi connectivity index (χ2v) is 11.4. The Hall–Kier alpha value is -1.67. The minimum Gasteiger partial charge on any atom is -0.390 e. The largest absolute Gasteiger partial charge is 0.390 e. The highest BCUT2D eigenvalue weighted by Crippen LogP contribution is 2.64. The van der Waals surface area contributed by atoms with Crippen LogP contribution in [0.1, 0.15) is 83.6 Å². The van der Waals surface area contributed by atoms with Crippen molar-refractivity contribution in [3.05, 3.63) is 18.0 Å². The summed E-state index contributed by atoms with van der Waals surface area (Å²) in [6.45, 7) is 4.83. The van der Waals surface area contributed by atoms with E-state index in [1.165, 1.54) is 38.5 Å². The van der Waals surface area contributed by atoms with Gasteiger partial charge in [-0.25, -0.2) is 0 Å². The van der Waals surface area contributed by atoms with E-state index in [1.807, 2.05) is 0 Å². The van der Waals surface area contributed by atoms with Gasteiger partial charge in [-0.15, -0.1) is 0 Å². The van der Waals surface area contributed by atoms with Gasteiger partial charge in [-0.2, -0.15) is 10.4 Å². The van der Waals surface area contributed by atoms with Crippen LogP contribution in [0.25, 0.3) is 0 Å². The minimum absolute atomic E-state index is 0.120. The Bertz CT molecular complexity index is 887. The van der Waals surface area contributed by atoms with Gasteiger partial charge in [0, 0.05) is 12.1 Å². The van der Waals surface area contributed by atoms with Crippen LogP contribution in [0.15, 0.2) is 12.4 Å². The number of aromatic nitrogens is 2. The van der Waals surface area contributed by atoms with Gasteiger partial charge in [0.05, 0.1) is 23.9 Å². The lowest BCUT2D eigenvalue weighted by atomic mass is 9.48. The normalized spacial score (nSPS) is 44.1. The summed E-state index contributed by atoms with van der Waals surface area (Å²) >= 11 is 0. The van der Waals surface area contributed by atoms with E-state index in [0.717, 1.165) is 43.4 Å². The molecule has 31 heavy (non-hydrogen) atoms.